The second-order valence-corrected chi connectivity index (χ2v) is 4.32. The molecule has 2 rings (SSSR count). The number of nitrogens with zero attached hydrogens (tertiary/aromatic N) is 2. The normalized spacial score (nSPS) is 20.7. The SMILES string of the molecule is O=C1CCC(Nc2nc(C(F)(F)F)ns2)C(=O)N1. The largest absolute Gasteiger partial charge is 0.452 e. The van der Waals surface area contributed by atoms with E-state index in [1.54, 1.807) is 0 Å². The molecule has 0 spiro atoms. The molecule has 1 aromatic rings. The van der Waals surface area contributed by atoms with E-state index < -0.39 is 29.9 Å². The van der Waals surface area contributed by atoms with Crippen LogP contribution in [0.3, 0.4) is 0 Å². The number of nitrogens with one attached hydrogen (secondary N) is 2. The van der Waals surface area contributed by atoms with Gasteiger partial charge in [-0.15, -0.1) is 0 Å². The molecule has 6 nitrogen and oxygen atoms in total. The Labute approximate surface area is 103 Å². The first-order valence-corrected chi connectivity index (χ1v) is 5.65. The summed E-state index contributed by atoms with van der Waals surface area (Å²) < 4.78 is 39.9. The number of halogens is 3. The number of piperidine rings is 1. The zero-order valence-electron chi connectivity index (χ0n) is 8.74. The Balaban J connectivity index is 2.04. The summed E-state index contributed by atoms with van der Waals surface area (Å²) in [6.45, 7) is 0. The number of alkyl halides is 3. The van der Waals surface area contributed by atoms with Crippen LogP contribution in [-0.2, 0) is 15.8 Å². The van der Waals surface area contributed by atoms with Crippen LogP contribution in [0.15, 0.2) is 0 Å². The van der Waals surface area contributed by atoms with Gasteiger partial charge in [-0.1, -0.05) is 0 Å². The van der Waals surface area contributed by atoms with Gasteiger partial charge in [-0.3, -0.25) is 14.9 Å². The average Bonchev–Trinajstić information content (AvgIpc) is 2.70. The lowest BCUT2D eigenvalue weighted by Gasteiger charge is -2.20. The van der Waals surface area contributed by atoms with E-state index in [0.717, 1.165) is 0 Å². The fourth-order valence-corrected chi connectivity index (χ4v) is 2.02. The Morgan fingerprint density at radius 3 is 2.67 bits per heavy atom. The minimum absolute atomic E-state index is 0.100. The Hall–Kier alpha value is -1.71. The summed E-state index contributed by atoms with van der Waals surface area (Å²) >= 11 is 0.516. The van der Waals surface area contributed by atoms with Crippen molar-refractivity contribution in [3.8, 4) is 0 Å². The van der Waals surface area contributed by atoms with E-state index in [1.807, 2.05) is 0 Å². The smallest absolute Gasteiger partial charge is 0.348 e. The van der Waals surface area contributed by atoms with Gasteiger partial charge < -0.3 is 5.32 Å². The van der Waals surface area contributed by atoms with Gasteiger partial charge >= 0.3 is 6.18 Å². The van der Waals surface area contributed by atoms with Crippen molar-refractivity contribution < 1.29 is 22.8 Å². The molecule has 0 saturated carbocycles. The van der Waals surface area contributed by atoms with Crippen molar-refractivity contribution >= 4 is 28.5 Å². The Morgan fingerprint density at radius 1 is 1.39 bits per heavy atom. The maximum Gasteiger partial charge on any atom is 0.452 e. The highest BCUT2D eigenvalue weighted by molar-refractivity contribution is 7.09. The maximum atomic E-state index is 12.2. The first kappa shape index (κ1) is 12.7. The van der Waals surface area contributed by atoms with Crippen LogP contribution in [-0.4, -0.2) is 27.2 Å². The Kier molecular flexibility index (Phi) is 3.20. The topological polar surface area (TPSA) is 84.0 Å². The van der Waals surface area contributed by atoms with Crippen molar-refractivity contribution in [3.63, 3.8) is 0 Å². The summed E-state index contributed by atoms with van der Waals surface area (Å²) in [5.41, 5.74) is 0. The van der Waals surface area contributed by atoms with Crippen molar-refractivity contribution in [2.45, 2.75) is 25.1 Å². The highest BCUT2D eigenvalue weighted by Crippen LogP contribution is 2.29. The number of amides is 2. The quantitative estimate of drug-likeness (QED) is 0.782. The standard InChI is InChI=1S/C8H7F3N4O2S/c9-8(10,11)6-14-7(18-15-6)12-3-1-2-4(16)13-5(3)17/h3H,1-2H2,(H,12,14,15)(H,13,16,17). The fraction of sp³-hybridized carbons (Fsp3) is 0.500. The number of anilines is 1. The van der Waals surface area contributed by atoms with Gasteiger partial charge in [0.15, 0.2) is 0 Å². The van der Waals surface area contributed by atoms with Gasteiger partial charge in [-0.05, 0) is 6.42 Å². The van der Waals surface area contributed by atoms with E-state index in [0.29, 0.717) is 11.5 Å². The molecular weight excluding hydrogens is 273 g/mol. The van der Waals surface area contributed by atoms with Crippen LogP contribution in [0.2, 0.25) is 0 Å². The molecule has 1 aromatic heterocycles. The molecule has 0 radical (unpaired) electrons. The lowest BCUT2D eigenvalue weighted by Crippen LogP contribution is -2.47. The molecule has 1 unspecified atom stereocenters. The Bertz CT molecular complexity index is 487. The van der Waals surface area contributed by atoms with Crippen molar-refractivity contribution in [2.75, 3.05) is 5.32 Å². The predicted octanol–water partition coefficient (Wildman–Crippen LogP) is 0.774. The zero-order chi connectivity index (χ0) is 13.3. The molecule has 0 bridgehead atoms. The van der Waals surface area contributed by atoms with E-state index in [4.69, 9.17) is 0 Å². The van der Waals surface area contributed by atoms with E-state index in [2.05, 4.69) is 20.0 Å². The number of hydrogen-bond acceptors (Lipinski definition) is 6. The lowest BCUT2D eigenvalue weighted by atomic mass is 10.1. The minimum atomic E-state index is -4.61. The minimum Gasteiger partial charge on any atom is -0.348 e. The molecule has 98 valence electrons. The average molecular weight is 280 g/mol. The van der Waals surface area contributed by atoms with Crippen LogP contribution in [0, 0.1) is 0 Å². The summed E-state index contributed by atoms with van der Waals surface area (Å²) in [5.74, 6) is -2.22. The molecule has 1 aliphatic heterocycles. The van der Waals surface area contributed by atoms with Crippen molar-refractivity contribution in [3.05, 3.63) is 5.82 Å². The number of imide groups is 1. The lowest BCUT2D eigenvalue weighted by molar-refractivity contribution is -0.144. The third-order valence-electron chi connectivity index (χ3n) is 2.22. The van der Waals surface area contributed by atoms with Crippen molar-refractivity contribution in [1.29, 1.82) is 0 Å². The van der Waals surface area contributed by atoms with E-state index >= 15 is 0 Å². The molecular formula is C8H7F3N4O2S. The molecule has 2 amide bonds. The number of carbonyl (C=O) groups is 2. The van der Waals surface area contributed by atoms with Gasteiger partial charge in [0.2, 0.25) is 22.8 Å². The van der Waals surface area contributed by atoms with Crippen LogP contribution in [0.1, 0.15) is 18.7 Å². The molecule has 1 aliphatic rings. The molecule has 2 heterocycles. The molecule has 1 saturated heterocycles. The molecule has 2 N–H and O–H groups in total. The van der Waals surface area contributed by atoms with Crippen LogP contribution in [0.4, 0.5) is 18.3 Å². The first-order chi connectivity index (χ1) is 8.36. The Morgan fingerprint density at radius 2 is 2.11 bits per heavy atom. The van der Waals surface area contributed by atoms with Gasteiger partial charge in [0.1, 0.15) is 6.04 Å². The molecule has 0 aliphatic carbocycles. The monoisotopic (exact) mass is 280 g/mol. The fourth-order valence-electron chi connectivity index (χ4n) is 1.38. The molecule has 0 aromatic carbocycles. The van der Waals surface area contributed by atoms with Gasteiger partial charge in [0, 0.05) is 18.0 Å². The molecule has 18 heavy (non-hydrogen) atoms. The van der Waals surface area contributed by atoms with E-state index in [1.165, 1.54) is 0 Å². The zero-order valence-corrected chi connectivity index (χ0v) is 9.56. The number of rotatable bonds is 2. The van der Waals surface area contributed by atoms with Gasteiger partial charge in [-0.25, -0.2) is 0 Å². The second kappa shape index (κ2) is 4.52. The van der Waals surface area contributed by atoms with E-state index in [-0.39, 0.29) is 18.0 Å². The molecule has 1 atom stereocenters. The highest BCUT2D eigenvalue weighted by atomic mass is 32.1. The summed E-state index contributed by atoms with van der Waals surface area (Å²) in [7, 11) is 0. The van der Waals surface area contributed by atoms with Crippen LogP contribution in [0.5, 0.6) is 0 Å². The van der Waals surface area contributed by atoms with Crippen LogP contribution < -0.4 is 10.6 Å². The van der Waals surface area contributed by atoms with Gasteiger partial charge in [-0.2, -0.15) is 22.5 Å². The van der Waals surface area contributed by atoms with Crippen molar-refractivity contribution in [2.24, 2.45) is 0 Å². The molecule has 1 fully saturated rings. The van der Waals surface area contributed by atoms with Gasteiger partial charge in [0.05, 0.1) is 0 Å². The summed E-state index contributed by atoms with van der Waals surface area (Å²) in [6, 6.07) is -0.767. The van der Waals surface area contributed by atoms with E-state index in [9.17, 15) is 22.8 Å². The van der Waals surface area contributed by atoms with Crippen LogP contribution >= 0.6 is 11.5 Å². The highest BCUT2D eigenvalue weighted by Gasteiger charge is 2.36. The summed E-state index contributed by atoms with van der Waals surface area (Å²) in [4.78, 5) is 25.5. The third kappa shape index (κ3) is 2.75. The van der Waals surface area contributed by atoms with Crippen molar-refractivity contribution in [1.82, 2.24) is 14.7 Å². The molecule has 10 heteroatoms. The number of hydrogen-bond donors (Lipinski definition) is 2. The summed E-state index contributed by atoms with van der Waals surface area (Å²) in [6.07, 6.45) is -4.26. The second-order valence-electron chi connectivity index (χ2n) is 3.57. The first-order valence-electron chi connectivity index (χ1n) is 4.87. The number of carbonyl (C=O) groups excluding carboxylic acids is 2. The van der Waals surface area contributed by atoms with Gasteiger partial charge in [0.25, 0.3) is 0 Å². The predicted molar refractivity (Wildman–Crippen MR) is 54.7 cm³/mol. The third-order valence-corrected chi connectivity index (χ3v) is 2.86. The maximum absolute atomic E-state index is 12.2. The summed E-state index contributed by atoms with van der Waals surface area (Å²) in [5, 5.41) is 4.50. The number of aromatic nitrogens is 2. The van der Waals surface area contributed by atoms with Crippen LogP contribution in [0.25, 0.3) is 0 Å².